The summed E-state index contributed by atoms with van der Waals surface area (Å²) in [5, 5.41) is 0. The number of aromatic amines is 1. The number of ketones is 1. The van der Waals surface area contributed by atoms with Gasteiger partial charge >= 0.3 is 5.69 Å². The van der Waals surface area contributed by atoms with Crippen molar-refractivity contribution in [3.63, 3.8) is 0 Å². The van der Waals surface area contributed by atoms with Gasteiger partial charge in [-0.05, 0) is 43.9 Å². The smallest absolute Gasteiger partial charge is 0.330 e. The lowest BCUT2D eigenvalue weighted by molar-refractivity contribution is -0.120. The Kier molecular flexibility index (Phi) is 9.47. The molecule has 0 saturated heterocycles. The van der Waals surface area contributed by atoms with E-state index in [1.807, 2.05) is 20.8 Å². The van der Waals surface area contributed by atoms with Crippen molar-refractivity contribution in [2.45, 2.75) is 53.5 Å². The number of hydrogen-bond donors (Lipinski definition) is 2. The minimum absolute atomic E-state index is 0.0531. The summed E-state index contributed by atoms with van der Waals surface area (Å²) < 4.78 is 12.2. The van der Waals surface area contributed by atoms with Crippen LogP contribution in [0.4, 0.5) is 11.5 Å². The van der Waals surface area contributed by atoms with E-state index in [1.54, 1.807) is 12.1 Å². The molecule has 10 nitrogen and oxygen atoms in total. The minimum Gasteiger partial charge on any atom is -0.493 e. The molecule has 2 aromatic rings. The third-order valence-electron chi connectivity index (χ3n) is 5.37. The normalized spacial score (nSPS) is 10.9. The molecule has 1 amide bonds. The van der Waals surface area contributed by atoms with Gasteiger partial charge in [-0.1, -0.05) is 27.2 Å². The van der Waals surface area contributed by atoms with Gasteiger partial charge in [0.05, 0.1) is 7.11 Å². The van der Waals surface area contributed by atoms with Crippen LogP contribution in [-0.4, -0.2) is 41.5 Å². The van der Waals surface area contributed by atoms with Gasteiger partial charge in [0.15, 0.2) is 29.6 Å². The number of nitrogens with one attached hydrogen (secondary N) is 1. The van der Waals surface area contributed by atoms with Crippen LogP contribution in [0.5, 0.6) is 11.5 Å². The number of carbonyl (C=O) groups excluding carboxylic acids is 2. The Hall–Kier alpha value is -3.56. The largest absolute Gasteiger partial charge is 0.493 e. The second-order valence-corrected chi connectivity index (χ2v) is 8.44. The standard InChI is InChI=1S/C24H34N4O6/c1-6-7-11-28-22(25)21(23(31)26-24(28)32)27(12-10-15(2)3)20(30)14-34-18-9-8-17(16(4)29)13-19(18)33-5/h8-9,13,15H,6-7,10-12,14,25H2,1-5H3,(H,26,31,32). The number of benzene rings is 1. The second-order valence-electron chi connectivity index (χ2n) is 8.44. The molecule has 0 aliphatic heterocycles. The van der Waals surface area contributed by atoms with Crippen LogP contribution >= 0.6 is 0 Å². The van der Waals surface area contributed by atoms with Gasteiger partial charge in [-0.15, -0.1) is 0 Å². The van der Waals surface area contributed by atoms with Gasteiger partial charge in [0.2, 0.25) is 0 Å². The molecule has 186 valence electrons. The quantitative estimate of drug-likeness (QED) is 0.451. The van der Waals surface area contributed by atoms with E-state index in [0.29, 0.717) is 30.7 Å². The Morgan fingerprint density at radius 1 is 1.21 bits per heavy atom. The van der Waals surface area contributed by atoms with Gasteiger partial charge in [-0.2, -0.15) is 0 Å². The summed E-state index contributed by atoms with van der Waals surface area (Å²) in [5.74, 6) is 0.147. The molecular formula is C24H34N4O6. The van der Waals surface area contributed by atoms with Crippen molar-refractivity contribution in [1.82, 2.24) is 9.55 Å². The fourth-order valence-electron chi connectivity index (χ4n) is 3.35. The Bertz CT molecular complexity index is 1140. The van der Waals surface area contributed by atoms with Crippen LogP contribution < -0.4 is 31.4 Å². The number of methoxy groups -OCH3 is 1. The third-order valence-corrected chi connectivity index (χ3v) is 5.37. The van der Waals surface area contributed by atoms with Gasteiger partial charge in [-0.25, -0.2) is 4.79 Å². The summed E-state index contributed by atoms with van der Waals surface area (Å²) in [4.78, 5) is 53.4. The van der Waals surface area contributed by atoms with Crippen LogP contribution in [0.1, 0.15) is 57.3 Å². The van der Waals surface area contributed by atoms with Crippen molar-refractivity contribution in [3.8, 4) is 11.5 Å². The number of carbonyl (C=O) groups is 2. The van der Waals surface area contributed by atoms with E-state index in [2.05, 4.69) is 4.98 Å². The van der Waals surface area contributed by atoms with Crippen LogP contribution in [0.2, 0.25) is 0 Å². The van der Waals surface area contributed by atoms with E-state index in [4.69, 9.17) is 15.2 Å². The molecule has 0 radical (unpaired) electrons. The number of hydrogen-bond acceptors (Lipinski definition) is 7. The number of nitrogens with two attached hydrogens (primary N) is 1. The number of amides is 1. The molecule has 0 aliphatic carbocycles. The zero-order valence-electron chi connectivity index (χ0n) is 20.5. The average molecular weight is 475 g/mol. The molecular weight excluding hydrogens is 440 g/mol. The number of nitrogens with zero attached hydrogens (tertiary/aromatic N) is 2. The number of aromatic nitrogens is 2. The Morgan fingerprint density at radius 3 is 2.50 bits per heavy atom. The fraction of sp³-hybridized carbons (Fsp3) is 0.500. The molecule has 0 spiro atoms. The number of anilines is 2. The summed E-state index contributed by atoms with van der Waals surface area (Å²) in [6.07, 6.45) is 2.12. The first-order chi connectivity index (χ1) is 16.1. The van der Waals surface area contributed by atoms with E-state index in [0.717, 1.165) is 6.42 Å². The van der Waals surface area contributed by atoms with Crippen molar-refractivity contribution in [2.75, 3.05) is 30.9 Å². The number of unbranched alkanes of at least 4 members (excludes halogenated alkanes) is 1. The topological polar surface area (TPSA) is 137 Å². The minimum atomic E-state index is -0.726. The number of rotatable bonds is 12. The summed E-state index contributed by atoms with van der Waals surface area (Å²) in [6, 6.07) is 4.66. The molecule has 1 aromatic carbocycles. The van der Waals surface area contributed by atoms with E-state index in [1.165, 1.54) is 29.6 Å². The zero-order chi connectivity index (χ0) is 25.4. The Labute approximate surface area is 198 Å². The predicted octanol–water partition coefficient (Wildman–Crippen LogP) is 2.59. The van der Waals surface area contributed by atoms with Gasteiger partial charge in [-0.3, -0.25) is 23.9 Å². The van der Waals surface area contributed by atoms with Crippen LogP contribution in [0.3, 0.4) is 0 Å². The lowest BCUT2D eigenvalue weighted by atomic mass is 10.1. The highest BCUT2D eigenvalue weighted by molar-refractivity contribution is 5.97. The van der Waals surface area contributed by atoms with Crippen molar-refractivity contribution >= 4 is 23.2 Å². The summed E-state index contributed by atoms with van der Waals surface area (Å²) in [7, 11) is 1.43. The molecule has 0 aliphatic rings. The lowest BCUT2D eigenvalue weighted by Crippen LogP contribution is -2.43. The van der Waals surface area contributed by atoms with E-state index < -0.39 is 23.8 Å². The molecule has 1 aromatic heterocycles. The summed E-state index contributed by atoms with van der Waals surface area (Å²) in [5.41, 5.74) is 5.27. The van der Waals surface area contributed by atoms with Gasteiger partial charge in [0.1, 0.15) is 5.82 Å². The Morgan fingerprint density at radius 2 is 1.91 bits per heavy atom. The van der Waals surface area contributed by atoms with Gasteiger partial charge < -0.3 is 20.1 Å². The Balaban J connectivity index is 2.39. The maximum absolute atomic E-state index is 13.2. The first kappa shape index (κ1) is 26.7. The SMILES string of the molecule is CCCCn1c(N)c(N(CCC(C)C)C(=O)COc2ccc(C(C)=O)cc2OC)c(=O)[nH]c1=O. The van der Waals surface area contributed by atoms with Crippen LogP contribution in [-0.2, 0) is 11.3 Å². The van der Waals surface area contributed by atoms with E-state index in [-0.39, 0.29) is 35.5 Å². The average Bonchev–Trinajstić information content (AvgIpc) is 2.78. The maximum Gasteiger partial charge on any atom is 0.330 e. The summed E-state index contributed by atoms with van der Waals surface area (Å²) in [6.45, 7) is 7.55. The number of nitrogen functional groups attached to an aromatic ring is 1. The molecule has 10 heteroatoms. The third kappa shape index (κ3) is 6.49. The van der Waals surface area contributed by atoms with Crippen LogP contribution in [0.25, 0.3) is 0 Å². The number of ether oxygens (including phenoxy) is 2. The highest BCUT2D eigenvalue weighted by atomic mass is 16.5. The van der Waals surface area contributed by atoms with Crippen LogP contribution in [0.15, 0.2) is 27.8 Å². The molecule has 0 unspecified atom stereocenters. The molecule has 0 bridgehead atoms. The first-order valence-electron chi connectivity index (χ1n) is 11.3. The van der Waals surface area contributed by atoms with Gasteiger partial charge in [0, 0.05) is 18.7 Å². The molecule has 3 N–H and O–H groups in total. The highest BCUT2D eigenvalue weighted by Crippen LogP contribution is 2.28. The van der Waals surface area contributed by atoms with Crippen LogP contribution in [0, 0.1) is 5.92 Å². The maximum atomic E-state index is 13.2. The monoisotopic (exact) mass is 474 g/mol. The van der Waals surface area contributed by atoms with Crippen molar-refractivity contribution in [3.05, 3.63) is 44.6 Å². The molecule has 0 fully saturated rings. The molecule has 0 saturated carbocycles. The molecule has 1 heterocycles. The number of Topliss-reactive ketones (excluding diaryl/α,β-unsaturated/α-hetero) is 1. The first-order valence-corrected chi connectivity index (χ1v) is 11.3. The van der Waals surface area contributed by atoms with E-state index >= 15 is 0 Å². The zero-order valence-corrected chi connectivity index (χ0v) is 20.5. The van der Waals surface area contributed by atoms with Gasteiger partial charge in [0.25, 0.3) is 11.5 Å². The lowest BCUT2D eigenvalue weighted by Gasteiger charge is -2.25. The summed E-state index contributed by atoms with van der Waals surface area (Å²) >= 11 is 0. The van der Waals surface area contributed by atoms with Crippen molar-refractivity contribution in [1.29, 1.82) is 0 Å². The highest BCUT2D eigenvalue weighted by Gasteiger charge is 2.25. The van der Waals surface area contributed by atoms with E-state index in [9.17, 15) is 19.2 Å². The predicted molar refractivity (Wildman–Crippen MR) is 131 cm³/mol. The molecule has 34 heavy (non-hydrogen) atoms. The molecule has 0 atom stereocenters. The van der Waals surface area contributed by atoms with Crippen molar-refractivity contribution < 1.29 is 19.1 Å². The fourth-order valence-corrected chi connectivity index (χ4v) is 3.35. The van der Waals surface area contributed by atoms with Crippen molar-refractivity contribution in [2.24, 2.45) is 5.92 Å². The number of H-pyrrole nitrogens is 1. The second kappa shape index (κ2) is 12.1. The molecule has 2 rings (SSSR count).